The summed E-state index contributed by atoms with van der Waals surface area (Å²) < 4.78 is 1.94. The number of hydrogen-bond donors (Lipinski definition) is 0. The molecule has 0 saturated heterocycles. The number of thioether (sulfide) groups is 1. The summed E-state index contributed by atoms with van der Waals surface area (Å²) in [6, 6.07) is 29.1. The first kappa shape index (κ1) is 18.2. The number of rotatable bonds is 6. The third kappa shape index (κ3) is 3.75. The Kier molecular flexibility index (Phi) is 5.35. The highest BCUT2D eigenvalue weighted by Crippen LogP contribution is 2.37. The molecule has 0 N–H and O–H groups in total. The second kappa shape index (κ2) is 8.23. The van der Waals surface area contributed by atoms with Crippen LogP contribution in [0, 0.1) is 0 Å². The summed E-state index contributed by atoms with van der Waals surface area (Å²) in [5.41, 5.74) is 2.63. The monoisotopic (exact) mass is 385 g/mol. The van der Waals surface area contributed by atoms with Crippen molar-refractivity contribution >= 4 is 17.5 Å². The molecule has 0 aliphatic rings. The number of nitrogens with zero attached hydrogens (tertiary/aromatic N) is 3. The topological polar surface area (TPSA) is 47.8 Å². The van der Waals surface area contributed by atoms with E-state index in [-0.39, 0.29) is 5.78 Å². The molecule has 4 rings (SSSR count). The van der Waals surface area contributed by atoms with Crippen LogP contribution in [-0.4, -0.2) is 20.5 Å². The Morgan fingerprint density at radius 2 is 1.39 bits per heavy atom. The third-order valence-corrected chi connectivity index (χ3v) is 5.78. The maximum atomic E-state index is 13.3. The molecule has 4 aromatic rings. The van der Waals surface area contributed by atoms with Crippen LogP contribution in [0.3, 0.4) is 0 Å². The van der Waals surface area contributed by atoms with Crippen molar-refractivity contribution in [3.63, 3.8) is 0 Å². The molecule has 1 heterocycles. The standard InChI is InChI=1S/C23H19N3OS/c1-26-22(19-15-9-4-10-16-19)24-25-23(26)28-21(18-13-7-3-8-14-18)20(27)17-11-5-2-6-12-17/h2-16,21H,1H3/t21-/m1/s1. The van der Waals surface area contributed by atoms with Crippen molar-refractivity contribution < 1.29 is 4.79 Å². The van der Waals surface area contributed by atoms with E-state index in [1.54, 1.807) is 0 Å². The number of benzene rings is 3. The molecule has 4 nitrogen and oxygen atoms in total. The SMILES string of the molecule is Cn1c(S[C@@H](C(=O)c2ccccc2)c2ccccc2)nnc1-c1ccccc1. The molecule has 138 valence electrons. The number of carbonyl (C=O) groups is 1. The summed E-state index contributed by atoms with van der Waals surface area (Å²) in [4.78, 5) is 13.3. The third-order valence-electron chi connectivity index (χ3n) is 4.49. The summed E-state index contributed by atoms with van der Waals surface area (Å²) in [5, 5.41) is 9.01. The van der Waals surface area contributed by atoms with Crippen LogP contribution in [-0.2, 0) is 7.05 Å². The van der Waals surface area contributed by atoms with E-state index in [4.69, 9.17) is 0 Å². The minimum absolute atomic E-state index is 0.0565. The summed E-state index contributed by atoms with van der Waals surface area (Å²) in [6.07, 6.45) is 0. The Labute approximate surface area is 168 Å². The first-order chi connectivity index (χ1) is 13.7. The van der Waals surface area contributed by atoms with Crippen LogP contribution in [0.15, 0.2) is 96.2 Å². The Morgan fingerprint density at radius 3 is 2.04 bits per heavy atom. The van der Waals surface area contributed by atoms with Gasteiger partial charge in [-0.15, -0.1) is 10.2 Å². The second-order valence-electron chi connectivity index (χ2n) is 6.37. The quantitative estimate of drug-likeness (QED) is 0.338. The number of carbonyl (C=O) groups excluding carboxylic acids is 1. The molecule has 3 aromatic carbocycles. The van der Waals surface area contributed by atoms with E-state index in [1.165, 1.54) is 11.8 Å². The first-order valence-corrected chi connectivity index (χ1v) is 9.87. The van der Waals surface area contributed by atoms with Gasteiger partial charge in [0.15, 0.2) is 16.8 Å². The molecule has 0 fully saturated rings. The van der Waals surface area contributed by atoms with Gasteiger partial charge in [0.2, 0.25) is 0 Å². The zero-order valence-electron chi connectivity index (χ0n) is 15.4. The van der Waals surface area contributed by atoms with Crippen LogP contribution in [0.1, 0.15) is 21.2 Å². The molecule has 0 aliphatic carbocycles. The van der Waals surface area contributed by atoms with Crippen LogP contribution >= 0.6 is 11.8 Å². The van der Waals surface area contributed by atoms with Gasteiger partial charge in [0, 0.05) is 18.2 Å². The summed E-state index contributed by atoms with van der Waals surface area (Å²) in [5.74, 6) is 0.836. The van der Waals surface area contributed by atoms with E-state index in [2.05, 4.69) is 10.2 Å². The van der Waals surface area contributed by atoms with E-state index < -0.39 is 5.25 Å². The number of hydrogen-bond acceptors (Lipinski definition) is 4. The number of ketones is 1. The molecular weight excluding hydrogens is 366 g/mol. The predicted octanol–water partition coefficient (Wildman–Crippen LogP) is 5.20. The summed E-state index contributed by atoms with van der Waals surface area (Å²) in [7, 11) is 1.93. The Balaban J connectivity index is 1.69. The zero-order chi connectivity index (χ0) is 19.3. The van der Waals surface area contributed by atoms with Crippen LogP contribution in [0.2, 0.25) is 0 Å². The Morgan fingerprint density at radius 1 is 0.821 bits per heavy atom. The van der Waals surface area contributed by atoms with Gasteiger partial charge in [-0.3, -0.25) is 4.79 Å². The predicted molar refractivity (Wildman–Crippen MR) is 112 cm³/mol. The van der Waals surface area contributed by atoms with Gasteiger partial charge in [-0.1, -0.05) is 103 Å². The number of aromatic nitrogens is 3. The molecule has 0 radical (unpaired) electrons. The van der Waals surface area contributed by atoms with Crippen molar-refractivity contribution in [3.05, 3.63) is 102 Å². The minimum Gasteiger partial charge on any atom is -0.305 e. The molecule has 1 aromatic heterocycles. The van der Waals surface area contributed by atoms with Crippen LogP contribution < -0.4 is 0 Å². The molecule has 0 spiro atoms. The van der Waals surface area contributed by atoms with Crippen molar-refractivity contribution in [2.45, 2.75) is 10.4 Å². The molecule has 0 aliphatic heterocycles. The molecule has 0 bridgehead atoms. The lowest BCUT2D eigenvalue weighted by molar-refractivity contribution is 0.0989. The van der Waals surface area contributed by atoms with Crippen molar-refractivity contribution in [2.75, 3.05) is 0 Å². The van der Waals surface area contributed by atoms with Gasteiger partial charge < -0.3 is 4.57 Å². The maximum Gasteiger partial charge on any atom is 0.192 e. The minimum atomic E-state index is -0.393. The maximum absolute atomic E-state index is 13.3. The highest BCUT2D eigenvalue weighted by molar-refractivity contribution is 8.00. The van der Waals surface area contributed by atoms with Gasteiger partial charge in [-0.05, 0) is 5.56 Å². The molecule has 0 unspecified atom stereocenters. The van der Waals surface area contributed by atoms with Gasteiger partial charge in [0.05, 0.1) is 0 Å². The lowest BCUT2D eigenvalue weighted by Gasteiger charge is -2.15. The molecular formula is C23H19N3OS. The van der Waals surface area contributed by atoms with Gasteiger partial charge >= 0.3 is 0 Å². The van der Waals surface area contributed by atoms with E-state index in [9.17, 15) is 4.79 Å². The fourth-order valence-electron chi connectivity index (χ4n) is 3.02. The zero-order valence-corrected chi connectivity index (χ0v) is 16.2. The fourth-order valence-corrected chi connectivity index (χ4v) is 4.10. The van der Waals surface area contributed by atoms with Crippen LogP contribution in [0.5, 0.6) is 0 Å². The van der Waals surface area contributed by atoms with Crippen molar-refractivity contribution in [3.8, 4) is 11.4 Å². The van der Waals surface area contributed by atoms with Crippen molar-refractivity contribution in [1.29, 1.82) is 0 Å². The highest BCUT2D eigenvalue weighted by Gasteiger charge is 2.26. The Bertz CT molecular complexity index is 1060. The highest BCUT2D eigenvalue weighted by atomic mass is 32.2. The van der Waals surface area contributed by atoms with E-state index in [1.807, 2.05) is 103 Å². The van der Waals surface area contributed by atoms with E-state index in [0.29, 0.717) is 10.7 Å². The lowest BCUT2D eigenvalue weighted by Crippen LogP contribution is -2.11. The first-order valence-electron chi connectivity index (χ1n) is 8.99. The molecule has 5 heteroatoms. The summed E-state index contributed by atoms with van der Waals surface area (Å²) >= 11 is 1.43. The van der Waals surface area contributed by atoms with E-state index in [0.717, 1.165) is 17.0 Å². The average Bonchev–Trinajstić information content (AvgIpc) is 3.13. The molecule has 0 saturated carbocycles. The van der Waals surface area contributed by atoms with Gasteiger partial charge in [0.1, 0.15) is 5.25 Å². The lowest BCUT2D eigenvalue weighted by atomic mass is 10.0. The van der Waals surface area contributed by atoms with Crippen molar-refractivity contribution in [1.82, 2.24) is 14.8 Å². The van der Waals surface area contributed by atoms with E-state index >= 15 is 0 Å². The van der Waals surface area contributed by atoms with Gasteiger partial charge in [0.25, 0.3) is 0 Å². The molecule has 1 atom stereocenters. The average molecular weight is 385 g/mol. The van der Waals surface area contributed by atoms with Gasteiger partial charge in [-0.25, -0.2) is 0 Å². The number of Topliss-reactive ketones (excluding diaryl/α,β-unsaturated/α-hetero) is 1. The smallest absolute Gasteiger partial charge is 0.192 e. The largest absolute Gasteiger partial charge is 0.305 e. The van der Waals surface area contributed by atoms with Crippen molar-refractivity contribution in [2.24, 2.45) is 7.05 Å². The van der Waals surface area contributed by atoms with Crippen LogP contribution in [0.4, 0.5) is 0 Å². The summed E-state index contributed by atoms with van der Waals surface area (Å²) in [6.45, 7) is 0. The normalized spacial score (nSPS) is 11.9. The second-order valence-corrected chi connectivity index (χ2v) is 7.44. The molecule has 0 amide bonds. The molecule has 28 heavy (non-hydrogen) atoms. The fraction of sp³-hybridized carbons (Fsp3) is 0.0870. The van der Waals surface area contributed by atoms with Crippen LogP contribution in [0.25, 0.3) is 11.4 Å². The van der Waals surface area contributed by atoms with Gasteiger partial charge in [-0.2, -0.15) is 0 Å². The Hall–Kier alpha value is -3.18.